The average Bonchev–Trinajstić information content (AvgIpc) is 3.51. The van der Waals surface area contributed by atoms with Gasteiger partial charge in [-0.05, 0) is 99.3 Å². The zero-order valence-corrected chi connectivity index (χ0v) is 32.4. The molecule has 0 unspecified atom stereocenters. The monoisotopic (exact) mass is 792 g/mol. The first-order chi connectivity index (χ1) is 26.5. The van der Waals surface area contributed by atoms with E-state index in [1.54, 1.807) is 11.0 Å². The van der Waals surface area contributed by atoms with Gasteiger partial charge in [-0.15, -0.1) is 0 Å². The molecule has 4 aromatic rings. The molecule has 2 N–H and O–H groups in total. The molecule has 0 bridgehead atoms. The second-order valence-electron chi connectivity index (χ2n) is 15.1. The Labute approximate surface area is 325 Å². The highest BCUT2D eigenvalue weighted by molar-refractivity contribution is 7.89. The summed E-state index contributed by atoms with van der Waals surface area (Å²) in [5, 5.41) is 11.6. The number of amides is 3. The summed E-state index contributed by atoms with van der Waals surface area (Å²) in [7, 11) is -2.13. The first-order valence-corrected chi connectivity index (χ1v) is 20.9. The molecule has 55 heavy (non-hydrogen) atoms. The topological polar surface area (TPSA) is 149 Å². The van der Waals surface area contributed by atoms with Gasteiger partial charge < -0.3 is 15.1 Å². The first-order valence-electron chi connectivity index (χ1n) is 19.1. The second-order valence-corrected chi connectivity index (χ2v) is 17.5. The Morgan fingerprint density at radius 1 is 0.909 bits per heavy atom. The molecular weight excluding hydrogens is 747 g/mol. The van der Waals surface area contributed by atoms with Crippen LogP contribution in [0.1, 0.15) is 56.4 Å². The number of halogens is 2. The van der Waals surface area contributed by atoms with Crippen LogP contribution in [0.4, 0.5) is 26.6 Å². The molecule has 2 aromatic carbocycles. The lowest BCUT2D eigenvalue weighted by Gasteiger charge is -2.38. The van der Waals surface area contributed by atoms with E-state index in [0.29, 0.717) is 48.0 Å². The van der Waals surface area contributed by atoms with E-state index in [2.05, 4.69) is 53.7 Å². The first kappa shape index (κ1) is 37.5. The number of aromatic nitrogens is 4. The smallest absolute Gasteiger partial charge is 0.329 e. The Bertz CT molecular complexity index is 2160. The molecule has 0 spiro atoms. The highest BCUT2D eigenvalue weighted by atomic mass is 35.5. The Balaban J connectivity index is 0.821. The van der Waals surface area contributed by atoms with Crippen molar-refractivity contribution in [1.29, 1.82) is 0 Å². The molecule has 17 heteroatoms. The molecular formula is C38H46ClFN10O4S. The standard InChI is InChI=1S/C38H46ClFN10O4S/c1-46-33-20-27(2-4-31(33)36(45-46)50-19-12-35(51)44-38(50)52)26-8-13-47(14-9-26)24-25-6-15-48(16-7-25)30-3-5-32(40)34(21-30)55(53,54)49-17-10-29(11-18-49)43-37-41-22-28(39)23-42-37/h2-5,20-23,25-26,29H,6-19,24H2,1H3,(H,41,42,43)(H,44,51,52). The summed E-state index contributed by atoms with van der Waals surface area (Å²) in [6.45, 7) is 5.50. The Hall–Kier alpha value is -4.38. The van der Waals surface area contributed by atoms with Gasteiger partial charge in [-0.25, -0.2) is 27.6 Å². The van der Waals surface area contributed by atoms with Gasteiger partial charge in [0, 0.05) is 69.9 Å². The van der Waals surface area contributed by atoms with E-state index in [9.17, 15) is 18.0 Å². The minimum atomic E-state index is -4.01. The minimum Gasteiger partial charge on any atom is -0.371 e. The van der Waals surface area contributed by atoms with E-state index in [-0.39, 0.29) is 36.4 Å². The van der Waals surface area contributed by atoms with Crippen molar-refractivity contribution in [2.24, 2.45) is 13.0 Å². The summed E-state index contributed by atoms with van der Waals surface area (Å²) in [5.74, 6) is 1.000. The van der Waals surface area contributed by atoms with Crippen LogP contribution in [0.2, 0.25) is 5.02 Å². The molecule has 8 rings (SSSR count). The molecule has 14 nitrogen and oxygen atoms in total. The maximum atomic E-state index is 15.1. The third-order valence-electron chi connectivity index (χ3n) is 11.7. The molecule has 6 heterocycles. The van der Waals surface area contributed by atoms with Gasteiger partial charge in [0.25, 0.3) is 0 Å². The van der Waals surface area contributed by atoms with Crippen LogP contribution < -0.4 is 20.4 Å². The Morgan fingerprint density at radius 3 is 2.35 bits per heavy atom. The van der Waals surface area contributed by atoms with Crippen molar-refractivity contribution >= 4 is 61.9 Å². The highest BCUT2D eigenvalue weighted by Gasteiger charge is 2.33. The number of likely N-dealkylation sites (tertiary alicyclic amines) is 1. The van der Waals surface area contributed by atoms with E-state index in [1.807, 2.05) is 11.7 Å². The number of nitrogens with one attached hydrogen (secondary N) is 2. The number of rotatable bonds is 9. The largest absolute Gasteiger partial charge is 0.371 e. The normalized spacial score (nSPS) is 20.3. The van der Waals surface area contributed by atoms with Crippen molar-refractivity contribution in [3.8, 4) is 0 Å². The molecule has 0 aliphatic carbocycles. The third kappa shape index (κ3) is 8.00. The van der Waals surface area contributed by atoms with Crippen molar-refractivity contribution in [2.75, 3.05) is 67.5 Å². The number of fused-ring (bicyclic) bond motifs is 1. The molecule has 4 aliphatic heterocycles. The van der Waals surface area contributed by atoms with Gasteiger partial charge in [0.2, 0.25) is 21.9 Å². The van der Waals surface area contributed by atoms with Crippen LogP contribution in [-0.2, 0) is 21.9 Å². The van der Waals surface area contributed by atoms with Crippen LogP contribution in [0.15, 0.2) is 53.7 Å². The summed E-state index contributed by atoms with van der Waals surface area (Å²) in [6.07, 6.45) is 8.46. The van der Waals surface area contributed by atoms with Gasteiger partial charge in [0.1, 0.15) is 10.7 Å². The average molecular weight is 793 g/mol. The molecule has 4 aliphatic rings. The van der Waals surface area contributed by atoms with Gasteiger partial charge >= 0.3 is 6.03 Å². The molecule has 0 atom stereocenters. The van der Waals surface area contributed by atoms with Crippen LogP contribution in [0.3, 0.4) is 0 Å². The number of hydrogen-bond donors (Lipinski definition) is 2. The molecule has 3 amide bonds. The lowest BCUT2D eigenvalue weighted by molar-refractivity contribution is -0.120. The lowest BCUT2D eigenvalue weighted by Crippen LogP contribution is -2.49. The number of carbonyl (C=O) groups is 2. The van der Waals surface area contributed by atoms with Crippen molar-refractivity contribution in [2.45, 2.75) is 61.8 Å². The lowest BCUT2D eigenvalue weighted by atomic mass is 9.88. The molecule has 0 radical (unpaired) electrons. The highest BCUT2D eigenvalue weighted by Crippen LogP contribution is 2.35. The van der Waals surface area contributed by atoms with E-state index in [4.69, 9.17) is 11.6 Å². The van der Waals surface area contributed by atoms with Crippen LogP contribution >= 0.6 is 11.6 Å². The molecule has 2 aromatic heterocycles. The fourth-order valence-corrected chi connectivity index (χ4v) is 10.1. The number of imide groups is 1. The van der Waals surface area contributed by atoms with Crippen LogP contribution in [0.5, 0.6) is 0 Å². The van der Waals surface area contributed by atoms with Gasteiger partial charge in [-0.1, -0.05) is 17.7 Å². The number of anilines is 3. The van der Waals surface area contributed by atoms with Crippen LogP contribution in [-0.4, -0.2) is 108 Å². The molecule has 292 valence electrons. The van der Waals surface area contributed by atoms with E-state index < -0.39 is 21.9 Å². The summed E-state index contributed by atoms with van der Waals surface area (Å²) in [6, 6.07) is 10.5. The zero-order chi connectivity index (χ0) is 38.3. The maximum Gasteiger partial charge on any atom is 0.329 e. The van der Waals surface area contributed by atoms with Crippen LogP contribution in [0, 0.1) is 11.7 Å². The summed E-state index contributed by atoms with van der Waals surface area (Å²) in [5.41, 5.74) is 2.98. The van der Waals surface area contributed by atoms with Crippen LogP contribution in [0.25, 0.3) is 10.9 Å². The summed E-state index contributed by atoms with van der Waals surface area (Å²) >= 11 is 5.88. The number of aryl methyl sites for hydroxylation is 1. The molecule has 0 saturated carbocycles. The van der Waals surface area contributed by atoms with Crippen molar-refractivity contribution < 1.29 is 22.4 Å². The zero-order valence-electron chi connectivity index (χ0n) is 30.8. The molecule has 4 saturated heterocycles. The minimum absolute atomic E-state index is 0.00106. The predicted octanol–water partition coefficient (Wildman–Crippen LogP) is 4.96. The number of nitrogens with zero attached hydrogens (tertiary/aromatic N) is 8. The second kappa shape index (κ2) is 15.6. The summed E-state index contributed by atoms with van der Waals surface area (Å²) < 4.78 is 45.6. The maximum absolute atomic E-state index is 15.1. The number of urea groups is 1. The van der Waals surface area contributed by atoms with Gasteiger partial charge in [-0.2, -0.15) is 9.40 Å². The fourth-order valence-electron chi connectivity index (χ4n) is 8.50. The van der Waals surface area contributed by atoms with Gasteiger partial charge in [-0.3, -0.25) is 19.7 Å². The van der Waals surface area contributed by atoms with E-state index in [1.165, 1.54) is 34.4 Å². The Morgan fingerprint density at radius 2 is 1.64 bits per heavy atom. The third-order valence-corrected chi connectivity index (χ3v) is 13.8. The van der Waals surface area contributed by atoms with Crippen molar-refractivity contribution in [3.05, 3.63) is 65.2 Å². The number of benzene rings is 2. The quantitative estimate of drug-likeness (QED) is 0.238. The number of sulfonamides is 1. The fraction of sp³-hybridized carbons (Fsp3) is 0.500. The number of carbonyl (C=O) groups excluding carboxylic acids is 2. The number of hydrogen-bond acceptors (Lipinski definition) is 10. The predicted molar refractivity (Wildman–Crippen MR) is 208 cm³/mol. The van der Waals surface area contributed by atoms with E-state index in [0.717, 1.165) is 75.0 Å². The SMILES string of the molecule is Cn1nc(N2CCC(=O)NC2=O)c2ccc(C3CCN(CC4CCN(c5ccc(F)c(S(=O)(=O)N6CCC(Nc7ncc(Cl)cn7)CC6)c5)CC4)CC3)cc21. The number of piperidine rings is 3. The van der Waals surface area contributed by atoms with Gasteiger partial charge in [0.15, 0.2) is 5.82 Å². The van der Waals surface area contributed by atoms with Gasteiger partial charge in [0.05, 0.1) is 22.9 Å². The van der Waals surface area contributed by atoms with E-state index >= 15 is 4.39 Å². The Kier molecular flexibility index (Phi) is 10.7. The van der Waals surface area contributed by atoms with Crippen molar-refractivity contribution in [1.82, 2.24) is 34.3 Å². The molecule has 4 fully saturated rings. The van der Waals surface area contributed by atoms with Crippen molar-refractivity contribution in [3.63, 3.8) is 0 Å². The summed E-state index contributed by atoms with van der Waals surface area (Å²) in [4.78, 5) is 38.5.